The average Bonchev–Trinajstić information content (AvgIpc) is 2.83. The maximum absolute atomic E-state index is 6.93. The van der Waals surface area contributed by atoms with Gasteiger partial charge in [0, 0.05) is 0 Å². The van der Waals surface area contributed by atoms with Crippen LogP contribution in [0.3, 0.4) is 0 Å². The van der Waals surface area contributed by atoms with Crippen molar-refractivity contribution in [1.29, 1.82) is 0 Å². The molecule has 0 aliphatic rings. The summed E-state index contributed by atoms with van der Waals surface area (Å²) in [6.45, 7) is 7.50. The minimum absolute atomic E-state index is 0.0973. The average molecular weight is 285 g/mol. The molecule has 20 heavy (non-hydrogen) atoms. The van der Waals surface area contributed by atoms with Crippen LogP contribution in [0.5, 0.6) is 0 Å². The standard InChI is InChI=1S/C13H9ClN6/c1-16-9-4-2-8(3-5-9)6-20-7-17-10-11(15)18-13(14)19-12(10)20/h2-5,7H,6H2,(H2,15,18,19). The lowest BCUT2D eigenvalue weighted by Gasteiger charge is -2.04. The second kappa shape index (κ2) is 4.79. The Kier molecular flexibility index (Phi) is 2.97. The van der Waals surface area contributed by atoms with Gasteiger partial charge in [-0.2, -0.15) is 9.97 Å². The van der Waals surface area contributed by atoms with Gasteiger partial charge in [-0.1, -0.05) is 24.3 Å². The van der Waals surface area contributed by atoms with Crippen LogP contribution in [0.15, 0.2) is 30.6 Å². The monoisotopic (exact) mass is 284 g/mol. The number of anilines is 1. The second-order valence-corrected chi connectivity index (χ2v) is 4.54. The van der Waals surface area contributed by atoms with Crippen molar-refractivity contribution in [2.45, 2.75) is 6.54 Å². The molecule has 98 valence electrons. The number of rotatable bonds is 2. The molecule has 0 radical (unpaired) electrons. The van der Waals surface area contributed by atoms with E-state index in [9.17, 15) is 0 Å². The van der Waals surface area contributed by atoms with Crippen molar-refractivity contribution in [2.24, 2.45) is 0 Å². The molecule has 1 aromatic carbocycles. The predicted molar refractivity (Wildman–Crippen MR) is 76.6 cm³/mol. The molecule has 3 aromatic rings. The highest BCUT2D eigenvalue weighted by Crippen LogP contribution is 2.20. The summed E-state index contributed by atoms with van der Waals surface area (Å²) >= 11 is 5.82. The van der Waals surface area contributed by atoms with Crippen LogP contribution in [0.25, 0.3) is 16.0 Å². The molecule has 2 aromatic heterocycles. The van der Waals surface area contributed by atoms with E-state index in [4.69, 9.17) is 23.9 Å². The zero-order valence-electron chi connectivity index (χ0n) is 10.3. The molecule has 0 atom stereocenters. The highest BCUT2D eigenvalue weighted by Gasteiger charge is 2.10. The van der Waals surface area contributed by atoms with Crippen LogP contribution in [0.2, 0.25) is 5.28 Å². The molecule has 2 heterocycles. The Morgan fingerprint density at radius 3 is 2.70 bits per heavy atom. The molecule has 0 aliphatic carbocycles. The Labute approximate surface area is 119 Å². The van der Waals surface area contributed by atoms with E-state index in [1.807, 2.05) is 16.7 Å². The number of hydrogen-bond acceptors (Lipinski definition) is 4. The van der Waals surface area contributed by atoms with E-state index in [0.717, 1.165) is 5.56 Å². The normalized spacial score (nSPS) is 10.6. The largest absolute Gasteiger partial charge is 0.382 e. The van der Waals surface area contributed by atoms with Gasteiger partial charge in [0.1, 0.15) is 5.52 Å². The molecular formula is C13H9ClN6. The lowest BCUT2D eigenvalue weighted by atomic mass is 10.2. The van der Waals surface area contributed by atoms with Crippen LogP contribution < -0.4 is 5.73 Å². The van der Waals surface area contributed by atoms with Crippen molar-refractivity contribution in [2.75, 3.05) is 5.73 Å². The van der Waals surface area contributed by atoms with E-state index in [1.54, 1.807) is 18.5 Å². The van der Waals surface area contributed by atoms with Gasteiger partial charge in [0.25, 0.3) is 0 Å². The van der Waals surface area contributed by atoms with Crippen LogP contribution >= 0.6 is 11.6 Å². The molecular weight excluding hydrogens is 276 g/mol. The number of nitrogen functional groups attached to an aromatic ring is 1. The molecule has 6 nitrogen and oxygen atoms in total. The van der Waals surface area contributed by atoms with Crippen molar-refractivity contribution in [3.8, 4) is 0 Å². The summed E-state index contributed by atoms with van der Waals surface area (Å²) in [5, 5.41) is 0.0973. The summed E-state index contributed by atoms with van der Waals surface area (Å²) in [6, 6.07) is 7.34. The van der Waals surface area contributed by atoms with E-state index in [2.05, 4.69) is 19.8 Å². The molecule has 0 bridgehead atoms. The summed E-state index contributed by atoms with van der Waals surface area (Å²) < 4.78 is 1.84. The molecule has 0 amide bonds. The van der Waals surface area contributed by atoms with Gasteiger partial charge in [0.2, 0.25) is 5.28 Å². The van der Waals surface area contributed by atoms with E-state index in [0.29, 0.717) is 23.4 Å². The van der Waals surface area contributed by atoms with Gasteiger partial charge in [-0.3, -0.25) is 0 Å². The van der Waals surface area contributed by atoms with Crippen LogP contribution in [0.1, 0.15) is 5.56 Å². The van der Waals surface area contributed by atoms with Crippen LogP contribution in [-0.4, -0.2) is 19.5 Å². The number of fused-ring (bicyclic) bond motifs is 1. The number of nitrogens with two attached hydrogens (primary N) is 1. The maximum Gasteiger partial charge on any atom is 0.226 e. The van der Waals surface area contributed by atoms with Crippen molar-refractivity contribution >= 4 is 34.3 Å². The fourth-order valence-corrected chi connectivity index (χ4v) is 2.10. The summed E-state index contributed by atoms with van der Waals surface area (Å²) in [5.41, 5.74) is 8.53. The van der Waals surface area contributed by atoms with E-state index >= 15 is 0 Å². The summed E-state index contributed by atoms with van der Waals surface area (Å²) in [4.78, 5) is 15.6. The van der Waals surface area contributed by atoms with Gasteiger partial charge >= 0.3 is 0 Å². The van der Waals surface area contributed by atoms with Crippen molar-refractivity contribution in [1.82, 2.24) is 19.5 Å². The number of nitrogens with zero attached hydrogens (tertiary/aromatic N) is 5. The number of halogens is 1. The van der Waals surface area contributed by atoms with Gasteiger partial charge in [-0.25, -0.2) is 9.83 Å². The molecule has 0 fully saturated rings. The smallest absolute Gasteiger partial charge is 0.226 e. The number of imidazole rings is 1. The highest BCUT2D eigenvalue weighted by molar-refractivity contribution is 6.28. The molecule has 3 rings (SSSR count). The van der Waals surface area contributed by atoms with E-state index < -0.39 is 0 Å². The Morgan fingerprint density at radius 2 is 2.00 bits per heavy atom. The minimum Gasteiger partial charge on any atom is -0.382 e. The fourth-order valence-electron chi connectivity index (χ4n) is 1.93. The summed E-state index contributed by atoms with van der Waals surface area (Å²) in [7, 11) is 0. The Bertz CT molecular complexity index is 815. The van der Waals surface area contributed by atoms with Crippen LogP contribution in [-0.2, 0) is 6.54 Å². The van der Waals surface area contributed by atoms with Crippen molar-refractivity contribution < 1.29 is 0 Å². The molecule has 0 aliphatic heterocycles. The zero-order valence-corrected chi connectivity index (χ0v) is 11.0. The number of aromatic nitrogens is 4. The van der Waals surface area contributed by atoms with E-state index in [1.165, 1.54) is 0 Å². The van der Waals surface area contributed by atoms with Crippen LogP contribution in [0.4, 0.5) is 11.5 Å². The first-order valence-corrected chi connectivity index (χ1v) is 6.15. The fraction of sp³-hybridized carbons (Fsp3) is 0.0769. The van der Waals surface area contributed by atoms with Crippen molar-refractivity contribution in [3.05, 3.63) is 52.9 Å². The maximum atomic E-state index is 6.93. The third kappa shape index (κ3) is 2.15. The van der Waals surface area contributed by atoms with Gasteiger partial charge in [0.15, 0.2) is 17.2 Å². The molecule has 0 spiro atoms. The molecule has 7 heteroatoms. The number of benzene rings is 1. The summed E-state index contributed by atoms with van der Waals surface area (Å²) in [6.07, 6.45) is 1.65. The molecule has 0 saturated carbocycles. The Hall–Kier alpha value is -2.65. The first kappa shape index (κ1) is 12.4. The third-order valence-electron chi connectivity index (χ3n) is 2.88. The third-order valence-corrected chi connectivity index (χ3v) is 3.05. The molecule has 0 saturated heterocycles. The topological polar surface area (TPSA) is 74.0 Å². The Balaban J connectivity index is 2.00. The van der Waals surface area contributed by atoms with Gasteiger partial charge in [-0.15, -0.1) is 0 Å². The minimum atomic E-state index is 0.0973. The first-order valence-electron chi connectivity index (χ1n) is 5.77. The summed E-state index contributed by atoms with van der Waals surface area (Å²) in [5.74, 6) is 0.266. The van der Waals surface area contributed by atoms with Gasteiger partial charge < -0.3 is 10.3 Å². The van der Waals surface area contributed by atoms with Crippen molar-refractivity contribution in [3.63, 3.8) is 0 Å². The van der Waals surface area contributed by atoms with E-state index in [-0.39, 0.29) is 11.1 Å². The van der Waals surface area contributed by atoms with Crippen LogP contribution in [0, 0.1) is 6.57 Å². The van der Waals surface area contributed by atoms with Gasteiger partial charge in [0.05, 0.1) is 19.4 Å². The first-order chi connectivity index (χ1) is 9.67. The lowest BCUT2D eigenvalue weighted by Crippen LogP contribution is -2.01. The molecule has 0 unspecified atom stereocenters. The number of hydrogen-bond donors (Lipinski definition) is 1. The second-order valence-electron chi connectivity index (χ2n) is 4.20. The lowest BCUT2D eigenvalue weighted by molar-refractivity contribution is 0.813. The van der Waals surface area contributed by atoms with Gasteiger partial charge in [-0.05, 0) is 17.2 Å². The quantitative estimate of drug-likeness (QED) is 0.580. The SMILES string of the molecule is [C-]#[N+]c1ccc(Cn2cnc3c(N)nc(Cl)nc32)cc1. The zero-order chi connectivity index (χ0) is 14.1. The highest BCUT2D eigenvalue weighted by atomic mass is 35.5. The predicted octanol–water partition coefficient (Wildman–Crippen LogP) is 2.66. The Morgan fingerprint density at radius 1 is 1.25 bits per heavy atom. The molecule has 2 N–H and O–H groups in total.